The van der Waals surface area contributed by atoms with E-state index in [0.717, 1.165) is 49.1 Å². The van der Waals surface area contributed by atoms with Crippen LogP contribution in [0.2, 0.25) is 0 Å². The zero-order valence-electron chi connectivity index (χ0n) is 22.6. The van der Waals surface area contributed by atoms with Crippen LogP contribution in [0.25, 0.3) is 0 Å². The molecule has 1 atom stereocenters. The van der Waals surface area contributed by atoms with Gasteiger partial charge in [0.25, 0.3) is 5.91 Å². The Morgan fingerprint density at radius 3 is 2.05 bits per heavy atom. The van der Waals surface area contributed by atoms with Crippen molar-refractivity contribution in [1.82, 2.24) is 5.32 Å². The minimum Gasteiger partial charge on any atom is -0.834 e. The maximum Gasteiger partial charge on any atom is 0.416 e. The van der Waals surface area contributed by atoms with E-state index in [2.05, 4.69) is 5.32 Å². The minimum atomic E-state index is -4.51. The Morgan fingerprint density at radius 1 is 0.878 bits per heavy atom. The topological polar surface area (TPSA) is 78.5 Å². The molecular weight excluding hydrogens is 533 g/mol. The fourth-order valence-electron chi connectivity index (χ4n) is 6.19. The summed E-state index contributed by atoms with van der Waals surface area (Å²) in [6.07, 6.45) is -2.53. The Balaban J connectivity index is 1.21. The molecule has 6 rings (SSSR count). The van der Waals surface area contributed by atoms with Gasteiger partial charge in [-0.15, -0.1) is 0 Å². The lowest BCUT2D eigenvalue weighted by Gasteiger charge is -2.53. The van der Waals surface area contributed by atoms with E-state index in [-0.39, 0.29) is 17.6 Å². The standard InChI is InChI=1S/C32H33F3N2O4/c33-32(34,35)27-14-7-9-24(21-27)29(38)36-17-8-18-37-19-15-23(16-20-37)28(22-37)41-30(39)31(40,25-10-3-1-4-11-25)26-12-5-2-6-13-26/h1-7,9-14,21,23,28H,8,15-20,22H2,(H,36,38). The van der Waals surface area contributed by atoms with Crippen LogP contribution in [0.5, 0.6) is 0 Å². The summed E-state index contributed by atoms with van der Waals surface area (Å²) in [4.78, 5) is 26.1. The number of nitrogens with zero attached hydrogens (tertiary/aromatic N) is 1. The quantitative estimate of drug-likeness (QED) is 0.238. The number of nitrogens with one attached hydrogen (secondary N) is 1. The Bertz CT molecular complexity index is 1320. The summed E-state index contributed by atoms with van der Waals surface area (Å²) in [6.45, 7) is 3.47. The first-order valence-corrected chi connectivity index (χ1v) is 13.9. The normalized spacial score (nSPS) is 22.2. The number of piperidine rings is 3. The summed E-state index contributed by atoms with van der Waals surface area (Å²) in [5.74, 6) is -1.16. The van der Waals surface area contributed by atoms with Gasteiger partial charge in [0.2, 0.25) is 0 Å². The van der Waals surface area contributed by atoms with Gasteiger partial charge >= 0.3 is 12.1 Å². The number of fused-ring (bicyclic) bond motifs is 3. The molecule has 41 heavy (non-hydrogen) atoms. The van der Waals surface area contributed by atoms with Crippen LogP contribution in [0, 0.1) is 5.92 Å². The third kappa shape index (κ3) is 6.16. The number of esters is 1. The molecule has 0 spiro atoms. The number of halogens is 3. The van der Waals surface area contributed by atoms with Crippen LogP contribution in [-0.4, -0.2) is 55.2 Å². The van der Waals surface area contributed by atoms with Gasteiger partial charge in [-0.25, -0.2) is 0 Å². The molecule has 3 aromatic carbocycles. The highest BCUT2D eigenvalue weighted by molar-refractivity contribution is 5.94. The van der Waals surface area contributed by atoms with Crippen LogP contribution in [-0.2, 0) is 21.3 Å². The second-order valence-corrected chi connectivity index (χ2v) is 11.1. The van der Waals surface area contributed by atoms with Crippen LogP contribution in [0.1, 0.15) is 46.3 Å². The second-order valence-electron chi connectivity index (χ2n) is 11.1. The Morgan fingerprint density at radius 2 is 1.46 bits per heavy atom. The summed E-state index contributed by atoms with van der Waals surface area (Å²) in [6, 6.07) is 21.5. The third-order valence-electron chi connectivity index (χ3n) is 8.49. The number of amides is 1. The zero-order valence-corrected chi connectivity index (χ0v) is 22.6. The first-order valence-electron chi connectivity index (χ1n) is 13.9. The molecule has 3 fully saturated rings. The number of quaternary nitrogens is 1. The highest BCUT2D eigenvalue weighted by Gasteiger charge is 2.48. The molecule has 3 saturated heterocycles. The maximum absolute atomic E-state index is 14.3. The van der Waals surface area contributed by atoms with Crippen LogP contribution >= 0.6 is 0 Å². The Kier molecular flexibility index (Phi) is 8.20. The molecule has 3 aliphatic heterocycles. The van der Waals surface area contributed by atoms with E-state index in [1.807, 2.05) is 0 Å². The summed E-state index contributed by atoms with van der Waals surface area (Å²) >= 11 is 0. The van der Waals surface area contributed by atoms with Crippen molar-refractivity contribution in [3.8, 4) is 0 Å². The molecule has 1 N–H and O–H groups in total. The van der Waals surface area contributed by atoms with Gasteiger partial charge in [0.1, 0.15) is 6.54 Å². The number of benzene rings is 3. The van der Waals surface area contributed by atoms with Gasteiger partial charge in [-0.1, -0.05) is 66.7 Å². The van der Waals surface area contributed by atoms with Crippen LogP contribution in [0.15, 0.2) is 84.9 Å². The average molecular weight is 567 g/mol. The highest BCUT2D eigenvalue weighted by Crippen LogP contribution is 2.38. The molecule has 6 nitrogen and oxygen atoms in total. The molecule has 0 aliphatic carbocycles. The smallest absolute Gasteiger partial charge is 0.416 e. The van der Waals surface area contributed by atoms with Crippen molar-refractivity contribution in [3.05, 3.63) is 107 Å². The monoisotopic (exact) mass is 566 g/mol. The van der Waals surface area contributed by atoms with Crippen LogP contribution in [0.4, 0.5) is 13.2 Å². The lowest BCUT2D eigenvalue weighted by atomic mass is 9.82. The van der Waals surface area contributed by atoms with Gasteiger partial charge in [-0.2, -0.15) is 13.2 Å². The van der Waals surface area contributed by atoms with Crippen molar-refractivity contribution in [1.29, 1.82) is 0 Å². The fourth-order valence-corrected chi connectivity index (χ4v) is 6.19. The lowest BCUT2D eigenvalue weighted by molar-refractivity contribution is -0.946. The highest BCUT2D eigenvalue weighted by atomic mass is 19.4. The fraction of sp³-hybridized carbons (Fsp3) is 0.375. The molecule has 1 amide bonds. The molecule has 0 radical (unpaired) electrons. The summed E-state index contributed by atoms with van der Waals surface area (Å²) < 4.78 is 45.7. The molecule has 216 valence electrons. The molecule has 0 aromatic heterocycles. The van der Waals surface area contributed by atoms with Gasteiger partial charge < -0.3 is 19.6 Å². The van der Waals surface area contributed by atoms with E-state index < -0.39 is 29.2 Å². The molecule has 2 bridgehead atoms. The van der Waals surface area contributed by atoms with Crippen molar-refractivity contribution < 1.29 is 37.1 Å². The second kappa shape index (κ2) is 11.7. The molecule has 3 heterocycles. The van der Waals surface area contributed by atoms with Gasteiger partial charge in [0.15, 0.2) is 6.10 Å². The molecule has 3 aromatic rings. The van der Waals surface area contributed by atoms with E-state index in [1.165, 1.54) is 12.1 Å². The lowest BCUT2D eigenvalue weighted by Crippen LogP contribution is -2.65. The van der Waals surface area contributed by atoms with E-state index in [9.17, 15) is 27.9 Å². The largest absolute Gasteiger partial charge is 0.834 e. The van der Waals surface area contributed by atoms with Crippen molar-refractivity contribution in [3.63, 3.8) is 0 Å². The maximum atomic E-state index is 14.3. The van der Waals surface area contributed by atoms with Gasteiger partial charge in [-0.3, -0.25) is 9.59 Å². The molecule has 0 saturated carbocycles. The Labute approximate surface area is 237 Å². The molecule has 9 heteroatoms. The predicted octanol–water partition coefficient (Wildman–Crippen LogP) is 4.28. The van der Waals surface area contributed by atoms with Crippen molar-refractivity contribution in [2.24, 2.45) is 5.92 Å². The van der Waals surface area contributed by atoms with Gasteiger partial charge in [-0.05, 0) is 29.3 Å². The molecular formula is C32H33F3N2O4. The predicted molar refractivity (Wildman–Crippen MR) is 144 cm³/mol. The van der Waals surface area contributed by atoms with Gasteiger partial charge in [0.05, 0.1) is 25.2 Å². The van der Waals surface area contributed by atoms with E-state index in [4.69, 9.17) is 4.74 Å². The van der Waals surface area contributed by atoms with Crippen molar-refractivity contribution in [2.75, 3.05) is 32.7 Å². The van der Waals surface area contributed by atoms with Gasteiger partial charge in [0, 0.05) is 42.9 Å². The number of rotatable bonds is 9. The van der Waals surface area contributed by atoms with E-state index in [0.29, 0.717) is 30.6 Å². The van der Waals surface area contributed by atoms with Crippen LogP contribution < -0.4 is 10.4 Å². The number of ether oxygens (including phenoxy) is 1. The van der Waals surface area contributed by atoms with E-state index >= 15 is 0 Å². The zero-order chi connectivity index (χ0) is 29.1. The third-order valence-corrected chi connectivity index (χ3v) is 8.49. The summed E-state index contributed by atoms with van der Waals surface area (Å²) in [5.41, 5.74) is -2.42. The average Bonchev–Trinajstić information content (AvgIpc) is 3.00. The summed E-state index contributed by atoms with van der Waals surface area (Å²) in [7, 11) is 0. The number of hydrogen-bond acceptors (Lipinski definition) is 4. The number of hydrogen-bond donors (Lipinski definition) is 1. The minimum absolute atomic E-state index is 0.0319. The van der Waals surface area contributed by atoms with Crippen molar-refractivity contribution >= 4 is 11.9 Å². The molecule has 1 unspecified atom stereocenters. The number of carbonyl (C=O) groups excluding carboxylic acids is 2. The summed E-state index contributed by atoms with van der Waals surface area (Å²) in [5, 5.41) is 17.0. The first kappa shape index (κ1) is 28.8. The Hall–Kier alpha value is -3.69. The van der Waals surface area contributed by atoms with Crippen molar-refractivity contribution in [2.45, 2.75) is 37.1 Å². The number of carbonyl (C=O) groups is 2. The SMILES string of the molecule is O=C(NCCC[N+]12CCC(CC1)C(OC(=O)C([O-])(c1ccccc1)c1ccccc1)C2)c1cccc(C(F)(F)F)c1. The molecule has 3 aliphatic rings. The van der Waals surface area contributed by atoms with Crippen LogP contribution in [0.3, 0.4) is 0 Å². The number of alkyl halides is 3. The first-order chi connectivity index (χ1) is 19.6. The van der Waals surface area contributed by atoms with E-state index in [1.54, 1.807) is 60.7 Å².